The van der Waals surface area contributed by atoms with Crippen LogP contribution in [0.15, 0.2) is 12.7 Å². The van der Waals surface area contributed by atoms with E-state index in [-0.39, 0.29) is 0 Å². The fourth-order valence-corrected chi connectivity index (χ4v) is 3.29. The van der Waals surface area contributed by atoms with Crippen LogP contribution >= 0.6 is 0 Å². The Bertz CT molecular complexity index is 309. The van der Waals surface area contributed by atoms with Crippen LogP contribution in [0.1, 0.15) is 79.1 Å². The molecule has 2 rings (SSSR count). The number of hydrogen-bond donors (Lipinski definition) is 1. The largest absolute Gasteiger partial charge is 0.378 e. The Kier molecular flexibility index (Phi) is 10.6. The Balaban J connectivity index is 0.000000829. The normalized spacial score (nSPS) is 31.1. The highest BCUT2D eigenvalue weighted by atomic mass is 16.3. The first-order chi connectivity index (χ1) is 9.73. The smallest absolute Gasteiger partial charge is 0.125 e. The molecule has 2 aliphatic carbocycles. The summed E-state index contributed by atoms with van der Waals surface area (Å²) >= 11 is 0. The minimum absolute atomic E-state index is 0.691. The van der Waals surface area contributed by atoms with Gasteiger partial charge in [0.2, 0.25) is 0 Å². The number of rotatable bonds is 1. The fraction of sp³-hybridized carbons (Fsp3) is 0.789. The van der Waals surface area contributed by atoms with Gasteiger partial charge in [0.05, 0.1) is 0 Å². The van der Waals surface area contributed by atoms with Crippen molar-refractivity contribution >= 4 is 0 Å². The van der Waals surface area contributed by atoms with E-state index in [1.54, 1.807) is 6.08 Å². The van der Waals surface area contributed by atoms with Crippen LogP contribution in [0.25, 0.3) is 0 Å². The number of allylic oxidation sites excluding steroid dienone is 1. The van der Waals surface area contributed by atoms with Crippen molar-refractivity contribution in [1.82, 2.24) is 0 Å². The average molecular weight is 278 g/mol. The van der Waals surface area contributed by atoms with Gasteiger partial charge in [-0.05, 0) is 31.1 Å². The summed E-state index contributed by atoms with van der Waals surface area (Å²) in [6.45, 7) is 11.6. The van der Waals surface area contributed by atoms with E-state index < -0.39 is 5.60 Å². The molecule has 0 aromatic rings. The molecule has 0 radical (unpaired) electrons. The van der Waals surface area contributed by atoms with Crippen LogP contribution in [0, 0.1) is 23.7 Å². The van der Waals surface area contributed by atoms with Crippen LogP contribution in [-0.4, -0.2) is 10.7 Å². The monoisotopic (exact) mass is 278 g/mol. The van der Waals surface area contributed by atoms with Crippen molar-refractivity contribution in [2.45, 2.75) is 84.7 Å². The third-order valence-electron chi connectivity index (χ3n) is 4.16. The second-order valence-corrected chi connectivity index (χ2v) is 5.37. The van der Waals surface area contributed by atoms with Gasteiger partial charge >= 0.3 is 0 Å². The van der Waals surface area contributed by atoms with Crippen molar-refractivity contribution in [2.75, 3.05) is 0 Å². The molecule has 1 N–H and O–H groups in total. The van der Waals surface area contributed by atoms with Gasteiger partial charge in [0.15, 0.2) is 0 Å². The second-order valence-electron chi connectivity index (χ2n) is 5.37. The van der Waals surface area contributed by atoms with Gasteiger partial charge in [-0.2, -0.15) is 0 Å². The fourth-order valence-electron chi connectivity index (χ4n) is 3.29. The molecular weight excluding hydrogens is 244 g/mol. The summed E-state index contributed by atoms with van der Waals surface area (Å²) in [5.41, 5.74) is -0.693. The van der Waals surface area contributed by atoms with E-state index in [0.717, 1.165) is 24.7 Å². The highest BCUT2D eigenvalue weighted by Crippen LogP contribution is 2.44. The van der Waals surface area contributed by atoms with Crippen molar-refractivity contribution < 1.29 is 5.11 Å². The molecule has 0 aromatic heterocycles. The van der Waals surface area contributed by atoms with E-state index in [2.05, 4.69) is 18.4 Å². The maximum atomic E-state index is 10.4. The van der Waals surface area contributed by atoms with Gasteiger partial charge in [-0.1, -0.05) is 71.3 Å². The van der Waals surface area contributed by atoms with Crippen molar-refractivity contribution in [3.05, 3.63) is 12.7 Å². The molecule has 0 spiro atoms. The highest BCUT2D eigenvalue weighted by Gasteiger charge is 2.39. The minimum Gasteiger partial charge on any atom is -0.378 e. The first-order valence-corrected chi connectivity index (χ1v) is 8.57. The van der Waals surface area contributed by atoms with Crippen molar-refractivity contribution in [3.63, 3.8) is 0 Å². The average Bonchev–Trinajstić information content (AvgIpc) is 2.51. The third-order valence-corrected chi connectivity index (χ3v) is 4.16. The summed E-state index contributed by atoms with van der Waals surface area (Å²) in [6.07, 6.45) is 10.8. The Morgan fingerprint density at radius 1 is 1.10 bits per heavy atom. The molecule has 0 aliphatic heterocycles. The molecule has 2 aliphatic rings. The Morgan fingerprint density at radius 3 is 2.30 bits per heavy atom. The van der Waals surface area contributed by atoms with Gasteiger partial charge in [-0.25, -0.2) is 0 Å². The van der Waals surface area contributed by atoms with Crippen molar-refractivity contribution in [3.8, 4) is 11.8 Å². The molecule has 0 aromatic carbocycles. The lowest BCUT2D eigenvalue weighted by atomic mass is 9.66. The van der Waals surface area contributed by atoms with E-state index in [1.165, 1.54) is 32.1 Å². The Hall–Kier alpha value is -0.740. The van der Waals surface area contributed by atoms with Gasteiger partial charge in [0.1, 0.15) is 5.60 Å². The van der Waals surface area contributed by atoms with Crippen molar-refractivity contribution in [2.24, 2.45) is 11.8 Å². The van der Waals surface area contributed by atoms with Gasteiger partial charge in [-0.15, -0.1) is 6.58 Å². The minimum atomic E-state index is -0.693. The zero-order valence-corrected chi connectivity index (χ0v) is 14.0. The van der Waals surface area contributed by atoms with Crippen LogP contribution in [0.4, 0.5) is 0 Å². The zero-order valence-electron chi connectivity index (χ0n) is 14.0. The van der Waals surface area contributed by atoms with Gasteiger partial charge < -0.3 is 5.11 Å². The van der Waals surface area contributed by atoms with E-state index in [4.69, 9.17) is 0 Å². The second kappa shape index (κ2) is 11.0. The van der Waals surface area contributed by atoms with Crippen LogP contribution in [-0.2, 0) is 0 Å². The molecule has 1 heteroatoms. The molecular formula is C19H34O. The van der Waals surface area contributed by atoms with Crippen LogP contribution < -0.4 is 0 Å². The molecule has 0 bridgehead atoms. The molecule has 0 saturated heterocycles. The molecule has 3 unspecified atom stereocenters. The van der Waals surface area contributed by atoms with Crippen molar-refractivity contribution in [1.29, 1.82) is 0 Å². The predicted molar refractivity (Wildman–Crippen MR) is 89.5 cm³/mol. The van der Waals surface area contributed by atoms with E-state index in [0.29, 0.717) is 6.42 Å². The summed E-state index contributed by atoms with van der Waals surface area (Å²) in [5, 5.41) is 10.4. The first-order valence-electron chi connectivity index (χ1n) is 8.57. The van der Waals surface area contributed by atoms with Gasteiger partial charge in [0, 0.05) is 6.42 Å². The Morgan fingerprint density at radius 2 is 1.70 bits per heavy atom. The summed E-state index contributed by atoms with van der Waals surface area (Å²) < 4.78 is 0. The molecule has 1 nitrogen and oxygen atoms in total. The van der Waals surface area contributed by atoms with E-state index >= 15 is 0 Å². The summed E-state index contributed by atoms with van der Waals surface area (Å²) in [5.74, 6) is 7.69. The lowest BCUT2D eigenvalue weighted by Gasteiger charge is -2.41. The van der Waals surface area contributed by atoms with E-state index in [1.807, 2.05) is 27.7 Å². The third kappa shape index (κ3) is 6.14. The van der Waals surface area contributed by atoms with Gasteiger partial charge in [0.25, 0.3) is 0 Å². The summed E-state index contributed by atoms with van der Waals surface area (Å²) in [7, 11) is 0. The topological polar surface area (TPSA) is 20.2 Å². The molecule has 116 valence electrons. The number of aliphatic hydroxyl groups is 1. The van der Waals surface area contributed by atoms with Crippen LogP contribution in [0.5, 0.6) is 0 Å². The quantitative estimate of drug-likeness (QED) is 0.507. The zero-order chi connectivity index (χ0) is 15.4. The van der Waals surface area contributed by atoms with E-state index in [9.17, 15) is 5.11 Å². The standard InChI is InChI=1S/C15H22O.2C2H6/c1-2-3-6-10-15(16)11-9-13-7-4-5-8-14(13)12-15;2*1-2/h2,13-14,16H,1,3-5,7-9,11-12H2;2*1-2H3. The summed E-state index contributed by atoms with van der Waals surface area (Å²) in [6, 6.07) is 0. The molecule has 20 heavy (non-hydrogen) atoms. The summed E-state index contributed by atoms with van der Waals surface area (Å²) in [4.78, 5) is 0. The maximum absolute atomic E-state index is 10.4. The molecule has 3 atom stereocenters. The molecule has 2 fully saturated rings. The molecule has 2 saturated carbocycles. The SMILES string of the molecule is C=CCC#CC1(O)CCC2CCCCC2C1.CC.CC. The maximum Gasteiger partial charge on any atom is 0.125 e. The lowest BCUT2D eigenvalue weighted by Crippen LogP contribution is -2.39. The molecule has 0 heterocycles. The van der Waals surface area contributed by atoms with Crippen LogP contribution in [0.2, 0.25) is 0 Å². The predicted octanol–water partition coefficient (Wildman–Crippen LogP) is 5.34. The Labute approximate surface area is 126 Å². The van der Waals surface area contributed by atoms with Gasteiger partial charge in [-0.3, -0.25) is 0 Å². The first kappa shape index (κ1) is 19.3. The molecule has 0 amide bonds. The van der Waals surface area contributed by atoms with Crippen LogP contribution in [0.3, 0.4) is 0 Å². The highest BCUT2D eigenvalue weighted by molar-refractivity contribution is 5.17. The number of hydrogen-bond acceptors (Lipinski definition) is 1. The lowest BCUT2D eigenvalue weighted by molar-refractivity contribution is -0.00108. The number of fused-ring (bicyclic) bond motifs is 1.